The van der Waals surface area contributed by atoms with Crippen molar-refractivity contribution in [1.82, 2.24) is 15.1 Å². The molecule has 0 radical (unpaired) electrons. The molecule has 0 saturated carbocycles. The molecule has 1 unspecified atom stereocenters. The highest BCUT2D eigenvalue weighted by atomic mass is 16.5. The van der Waals surface area contributed by atoms with E-state index in [9.17, 15) is 4.79 Å². The quantitative estimate of drug-likeness (QED) is 0.864. The number of hydrogen-bond donors (Lipinski definition) is 2. The van der Waals surface area contributed by atoms with Crippen LogP contribution in [0.4, 0.5) is 5.82 Å². The normalized spacial score (nSPS) is 12.2. The lowest BCUT2D eigenvalue weighted by Crippen LogP contribution is -2.13. The first kappa shape index (κ1) is 14.0. The van der Waals surface area contributed by atoms with E-state index < -0.39 is 5.97 Å². The number of aromatic nitrogens is 3. The Balaban J connectivity index is 2.20. The number of aromatic carboxylic acids is 1. The van der Waals surface area contributed by atoms with Crippen molar-refractivity contribution in [3.63, 3.8) is 0 Å². The maximum atomic E-state index is 10.7. The van der Waals surface area contributed by atoms with Gasteiger partial charge in [0.05, 0.1) is 24.1 Å². The Hall–Kier alpha value is -2.44. The lowest BCUT2D eigenvalue weighted by atomic mass is 10.0. The molecule has 0 aliphatic carbocycles. The first-order valence-electron chi connectivity index (χ1n) is 6.27. The molecule has 0 aromatic carbocycles. The molecule has 0 saturated heterocycles. The van der Waals surface area contributed by atoms with E-state index in [2.05, 4.69) is 20.4 Å². The van der Waals surface area contributed by atoms with Gasteiger partial charge in [-0.15, -0.1) is 0 Å². The fourth-order valence-corrected chi connectivity index (χ4v) is 2.06. The average Bonchev–Trinajstić information content (AvgIpc) is 2.76. The molecular formula is C13H16N4O3. The van der Waals surface area contributed by atoms with E-state index >= 15 is 0 Å². The van der Waals surface area contributed by atoms with E-state index in [4.69, 9.17) is 9.63 Å². The van der Waals surface area contributed by atoms with Crippen LogP contribution in [0, 0.1) is 13.8 Å². The summed E-state index contributed by atoms with van der Waals surface area (Å²) in [4.78, 5) is 18.6. The molecular weight excluding hydrogens is 260 g/mol. The predicted octanol–water partition coefficient (Wildman–Crippen LogP) is 2.34. The van der Waals surface area contributed by atoms with Gasteiger partial charge >= 0.3 is 5.97 Å². The molecule has 2 aromatic heterocycles. The highest BCUT2D eigenvalue weighted by Gasteiger charge is 2.19. The molecule has 7 heteroatoms. The van der Waals surface area contributed by atoms with Gasteiger partial charge in [0.1, 0.15) is 11.6 Å². The summed E-state index contributed by atoms with van der Waals surface area (Å²) in [5.41, 5.74) is 1.74. The molecule has 1 atom stereocenters. The molecule has 20 heavy (non-hydrogen) atoms. The van der Waals surface area contributed by atoms with Crippen LogP contribution in [-0.4, -0.2) is 26.2 Å². The molecule has 2 heterocycles. The van der Waals surface area contributed by atoms with Crippen molar-refractivity contribution in [1.29, 1.82) is 0 Å². The van der Waals surface area contributed by atoms with Crippen LogP contribution >= 0.6 is 0 Å². The standard InChI is InChI=1S/C13H16N4O3/c1-4-9(12-7(2)17-20-8(12)3)16-11-6-14-10(5-15-11)13(18)19/h5-6,9H,4H2,1-3H3,(H,15,16)(H,18,19). The van der Waals surface area contributed by atoms with Crippen molar-refractivity contribution in [3.8, 4) is 0 Å². The van der Waals surface area contributed by atoms with Gasteiger partial charge in [-0.3, -0.25) is 0 Å². The monoisotopic (exact) mass is 276 g/mol. The van der Waals surface area contributed by atoms with Gasteiger partial charge < -0.3 is 14.9 Å². The molecule has 2 aromatic rings. The third kappa shape index (κ3) is 2.76. The second-order valence-corrected chi connectivity index (χ2v) is 4.44. The molecule has 0 aliphatic rings. The van der Waals surface area contributed by atoms with Crippen molar-refractivity contribution < 1.29 is 14.4 Å². The lowest BCUT2D eigenvalue weighted by Gasteiger charge is -2.17. The van der Waals surface area contributed by atoms with Gasteiger partial charge in [-0.1, -0.05) is 12.1 Å². The predicted molar refractivity (Wildman–Crippen MR) is 71.6 cm³/mol. The topological polar surface area (TPSA) is 101 Å². The molecule has 106 valence electrons. The zero-order valence-electron chi connectivity index (χ0n) is 11.5. The van der Waals surface area contributed by atoms with Crippen LogP contribution in [-0.2, 0) is 0 Å². The SMILES string of the molecule is CCC(Nc1cnc(C(=O)O)cn1)c1c(C)noc1C. The minimum atomic E-state index is -1.10. The highest BCUT2D eigenvalue weighted by Crippen LogP contribution is 2.26. The highest BCUT2D eigenvalue weighted by molar-refractivity contribution is 5.84. The van der Waals surface area contributed by atoms with Crippen LogP contribution in [0.5, 0.6) is 0 Å². The first-order valence-corrected chi connectivity index (χ1v) is 6.27. The summed E-state index contributed by atoms with van der Waals surface area (Å²) >= 11 is 0. The maximum Gasteiger partial charge on any atom is 0.356 e. The number of nitrogens with one attached hydrogen (secondary N) is 1. The van der Waals surface area contributed by atoms with Crippen molar-refractivity contribution in [2.24, 2.45) is 0 Å². The molecule has 2 rings (SSSR count). The van der Waals surface area contributed by atoms with Crippen molar-refractivity contribution >= 4 is 11.8 Å². The van der Waals surface area contributed by atoms with E-state index in [1.807, 2.05) is 20.8 Å². The van der Waals surface area contributed by atoms with Crippen molar-refractivity contribution in [2.75, 3.05) is 5.32 Å². The Kier molecular flexibility index (Phi) is 3.97. The molecule has 0 aliphatic heterocycles. The van der Waals surface area contributed by atoms with Crippen LogP contribution in [0.1, 0.15) is 46.9 Å². The summed E-state index contributed by atoms with van der Waals surface area (Å²) in [7, 11) is 0. The molecule has 2 N–H and O–H groups in total. The summed E-state index contributed by atoms with van der Waals surface area (Å²) in [5, 5.41) is 15.9. The van der Waals surface area contributed by atoms with Gasteiger partial charge in [0.2, 0.25) is 0 Å². The smallest absolute Gasteiger partial charge is 0.356 e. The number of hydrogen-bond acceptors (Lipinski definition) is 6. The van der Waals surface area contributed by atoms with Crippen LogP contribution in [0.3, 0.4) is 0 Å². The van der Waals surface area contributed by atoms with Crippen LogP contribution in [0.15, 0.2) is 16.9 Å². The zero-order chi connectivity index (χ0) is 14.7. The fraction of sp³-hybridized carbons (Fsp3) is 0.385. The summed E-state index contributed by atoms with van der Waals surface area (Å²) in [5.74, 6) is 0.181. The number of nitrogens with zero attached hydrogens (tertiary/aromatic N) is 3. The van der Waals surface area contributed by atoms with Gasteiger partial charge in [0, 0.05) is 5.56 Å². The van der Waals surface area contributed by atoms with Gasteiger partial charge in [0.15, 0.2) is 5.69 Å². The Labute approximate surface area is 116 Å². The van der Waals surface area contributed by atoms with E-state index in [1.165, 1.54) is 12.4 Å². The lowest BCUT2D eigenvalue weighted by molar-refractivity contribution is 0.0690. The number of rotatable bonds is 5. The van der Waals surface area contributed by atoms with Crippen molar-refractivity contribution in [2.45, 2.75) is 33.2 Å². The average molecular weight is 276 g/mol. The minimum absolute atomic E-state index is 0.00812. The van der Waals surface area contributed by atoms with Crippen molar-refractivity contribution in [3.05, 3.63) is 35.1 Å². The molecule has 0 spiro atoms. The van der Waals surface area contributed by atoms with Crippen LogP contribution < -0.4 is 5.32 Å². The van der Waals surface area contributed by atoms with Crippen LogP contribution in [0.2, 0.25) is 0 Å². The first-order chi connectivity index (χ1) is 9.52. The van der Waals surface area contributed by atoms with E-state index in [-0.39, 0.29) is 11.7 Å². The Bertz CT molecular complexity index is 587. The minimum Gasteiger partial charge on any atom is -0.476 e. The van der Waals surface area contributed by atoms with E-state index in [0.717, 1.165) is 23.4 Å². The number of carboxylic acid groups (broad SMARTS) is 1. The number of carbonyl (C=O) groups is 1. The molecule has 0 amide bonds. The van der Waals surface area contributed by atoms with Crippen LogP contribution in [0.25, 0.3) is 0 Å². The van der Waals surface area contributed by atoms with Gasteiger partial charge in [-0.2, -0.15) is 0 Å². The second-order valence-electron chi connectivity index (χ2n) is 4.44. The third-order valence-corrected chi connectivity index (χ3v) is 3.04. The fourth-order valence-electron chi connectivity index (χ4n) is 2.06. The maximum absolute atomic E-state index is 10.7. The van der Waals surface area contributed by atoms with Gasteiger partial charge in [0.25, 0.3) is 0 Å². The molecule has 0 bridgehead atoms. The van der Waals surface area contributed by atoms with E-state index in [0.29, 0.717) is 5.82 Å². The Morgan fingerprint density at radius 2 is 2.15 bits per heavy atom. The Morgan fingerprint density at radius 1 is 1.40 bits per heavy atom. The third-order valence-electron chi connectivity index (χ3n) is 3.04. The number of carboxylic acids is 1. The summed E-state index contributed by atoms with van der Waals surface area (Å²) < 4.78 is 5.16. The summed E-state index contributed by atoms with van der Waals surface area (Å²) in [6, 6.07) is -0.00812. The number of aryl methyl sites for hydroxylation is 2. The van der Waals surface area contributed by atoms with Gasteiger partial charge in [-0.25, -0.2) is 14.8 Å². The summed E-state index contributed by atoms with van der Waals surface area (Å²) in [6.07, 6.45) is 3.44. The Morgan fingerprint density at radius 3 is 2.60 bits per heavy atom. The molecule has 7 nitrogen and oxygen atoms in total. The zero-order valence-corrected chi connectivity index (χ0v) is 11.5. The van der Waals surface area contributed by atoms with Gasteiger partial charge in [-0.05, 0) is 20.3 Å². The summed E-state index contributed by atoms with van der Waals surface area (Å²) in [6.45, 7) is 5.77. The second kappa shape index (κ2) is 5.68. The number of anilines is 1. The largest absolute Gasteiger partial charge is 0.476 e. The molecule has 0 fully saturated rings. The van der Waals surface area contributed by atoms with E-state index in [1.54, 1.807) is 0 Å².